The number of rotatable bonds is 2. The maximum Gasteiger partial charge on any atom is 0.242 e. The highest BCUT2D eigenvalue weighted by atomic mass is 16.2. The molecule has 1 saturated heterocycles. The number of nitrogens with zero attached hydrogens (tertiary/aromatic N) is 2. The zero-order valence-electron chi connectivity index (χ0n) is 13.2. The molecule has 2 aliphatic heterocycles. The Morgan fingerprint density at radius 2 is 2.16 bits per heavy atom. The summed E-state index contributed by atoms with van der Waals surface area (Å²) < 4.78 is 0. The fourth-order valence-electron chi connectivity index (χ4n) is 3.47. The van der Waals surface area contributed by atoms with Gasteiger partial charge in [-0.2, -0.15) is 5.26 Å². The second-order valence-electron chi connectivity index (χ2n) is 6.25. The minimum Gasteiger partial charge on any atom is -0.325 e. The van der Waals surface area contributed by atoms with Crippen LogP contribution in [-0.2, 0) is 15.0 Å². The van der Waals surface area contributed by atoms with Crippen LogP contribution < -0.4 is 16.0 Å². The molecule has 1 aromatic carbocycles. The van der Waals surface area contributed by atoms with Gasteiger partial charge in [0.2, 0.25) is 11.8 Å². The highest BCUT2D eigenvalue weighted by molar-refractivity contribution is 6.08. The van der Waals surface area contributed by atoms with Gasteiger partial charge >= 0.3 is 0 Å². The first-order valence-electron chi connectivity index (χ1n) is 7.94. The van der Waals surface area contributed by atoms with Crippen LogP contribution in [0.4, 0.5) is 11.5 Å². The van der Waals surface area contributed by atoms with E-state index in [-0.39, 0.29) is 11.8 Å². The predicted octanol–water partition coefficient (Wildman–Crippen LogP) is 1.14. The third kappa shape index (κ3) is 2.44. The van der Waals surface area contributed by atoms with E-state index in [1.165, 1.54) is 6.20 Å². The smallest absolute Gasteiger partial charge is 0.242 e. The molecule has 7 nitrogen and oxygen atoms in total. The summed E-state index contributed by atoms with van der Waals surface area (Å²) in [7, 11) is 0. The molecule has 7 heteroatoms. The van der Waals surface area contributed by atoms with E-state index in [2.05, 4.69) is 20.9 Å². The van der Waals surface area contributed by atoms with Crippen LogP contribution in [0.15, 0.2) is 42.6 Å². The molecule has 2 atom stereocenters. The lowest BCUT2D eigenvalue weighted by Gasteiger charge is -2.20. The van der Waals surface area contributed by atoms with Gasteiger partial charge in [0.05, 0.1) is 17.0 Å². The lowest BCUT2D eigenvalue weighted by atomic mass is 9.79. The standard InChI is InChI=1S/C18H15N5O2/c19-8-11-5-6-15(20-9-11)23-16(24)14-7-18(10-21-14)12-3-1-2-4-13(12)22-17(18)25/h1-6,9,14,21H,7,10H2,(H,22,25)(H,20,23,24). The fourth-order valence-corrected chi connectivity index (χ4v) is 3.47. The van der Waals surface area contributed by atoms with Crippen molar-refractivity contribution in [3.63, 3.8) is 0 Å². The van der Waals surface area contributed by atoms with E-state index in [1.807, 2.05) is 30.3 Å². The molecule has 2 aliphatic rings. The number of hydrogen-bond acceptors (Lipinski definition) is 5. The molecule has 3 N–H and O–H groups in total. The molecule has 4 rings (SSSR count). The second kappa shape index (κ2) is 5.69. The molecule has 2 aromatic rings. The fraction of sp³-hybridized carbons (Fsp3) is 0.222. The van der Waals surface area contributed by atoms with Crippen LogP contribution in [0.1, 0.15) is 17.5 Å². The van der Waals surface area contributed by atoms with Crippen LogP contribution in [0, 0.1) is 11.3 Å². The highest BCUT2D eigenvalue weighted by Gasteiger charge is 2.52. The topological polar surface area (TPSA) is 107 Å². The predicted molar refractivity (Wildman–Crippen MR) is 90.7 cm³/mol. The lowest BCUT2D eigenvalue weighted by molar-refractivity contribution is -0.120. The van der Waals surface area contributed by atoms with Crippen molar-refractivity contribution in [2.24, 2.45) is 0 Å². The molecular formula is C18H15N5O2. The number of benzene rings is 1. The Labute approximate surface area is 144 Å². The number of nitriles is 1. The summed E-state index contributed by atoms with van der Waals surface area (Å²) in [6, 6.07) is 12.2. The van der Waals surface area contributed by atoms with E-state index < -0.39 is 11.5 Å². The number of hydrogen-bond donors (Lipinski definition) is 3. The molecular weight excluding hydrogens is 318 g/mol. The molecule has 3 heterocycles. The van der Waals surface area contributed by atoms with Gasteiger partial charge in [0.25, 0.3) is 0 Å². The van der Waals surface area contributed by atoms with Gasteiger partial charge in [0.15, 0.2) is 0 Å². The van der Waals surface area contributed by atoms with Crippen molar-refractivity contribution in [2.75, 3.05) is 17.2 Å². The van der Waals surface area contributed by atoms with Crippen molar-refractivity contribution in [3.8, 4) is 6.07 Å². The molecule has 0 bridgehead atoms. The van der Waals surface area contributed by atoms with Gasteiger partial charge in [0, 0.05) is 18.4 Å². The van der Waals surface area contributed by atoms with Crippen molar-refractivity contribution < 1.29 is 9.59 Å². The minimum absolute atomic E-state index is 0.0759. The Morgan fingerprint density at radius 3 is 2.92 bits per heavy atom. The van der Waals surface area contributed by atoms with Gasteiger partial charge in [-0.1, -0.05) is 18.2 Å². The van der Waals surface area contributed by atoms with E-state index in [0.717, 1.165) is 11.3 Å². The number of pyridine rings is 1. The summed E-state index contributed by atoms with van der Waals surface area (Å²) >= 11 is 0. The number of aromatic nitrogens is 1. The first-order valence-corrected chi connectivity index (χ1v) is 7.94. The van der Waals surface area contributed by atoms with E-state index in [4.69, 9.17) is 5.26 Å². The Bertz CT molecular complexity index is 902. The minimum atomic E-state index is -0.712. The van der Waals surface area contributed by atoms with Crippen LogP contribution in [0.3, 0.4) is 0 Å². The van der Waals surface area contributed by atoms with Crippen molar-refractivity contribution in [3.05, 3.63) is 53.7 Å². The second-order valence-corrected chi connectivity index (χ2v) is 6.25. The molecule has 0 saturated carbocycles. The molecule has 124 valence electrons. The SMILES string of the molecule is N#Cc1ccc(NC(=O)C2CC3(CN2)C(=O)Nc2ccccc23)nc1. The van der Waals surface area contributed by atoms with Crippen LogP contribution in [-0.4, -0.2) is 29.4 Å². The number of nitrogens with one attached hydrogen (secondary N) is 3. The molecule has 0 radical (unpaired) electrons. The van der Waals surface area contributed by atoms with Crippen molar-refractivity contribution in [1.82, 2.24) is 10.3 Å². The van der Waals surface area contributed by atoms with E-state index in [9.17, 15) is 9.59 Å². The average molecular weight is 333 g/mol. The summed E-state index contributed by atoms with van der Waals surface area (Å²) in [5.74, 6) is 0.0577. The number of amides is 2. The summed E-state index contributed by atoms with van der Waals surface area (Å²) in [6.45, 7) is 0.411. The van der Waals surface area contributed by atoms with Crippen molar-refractivity contribution in [1.29, 1.82) is 5.26 Å². The largest absolute Gasteiger partial charge is 0.325 e. The quantitative estimate of drug-likeness (QED) is 0.764. The Morgan fingerprint density at radius 1 is 1.32 bits per heavy atom. The van der Waals surface area contributed by atoms with E-state index in [0.29, 0.717) is 24.3 Å². The van der Waals surface area contributed by atoms with E-state index in [1.54, 1.807) is 12.1 Å². The Hall–Kier alpha value is -3.24. The molecule has 2 unspecified atom stereocenters. The first kappa shape index (κ1) is 15.3. The third-order valence-corrected chi connectivity index (χ3v) is 4.79. The lowest BCUT2D eigenvalue weighted by Crippen LogP contribution is -2.36. The summed E-state index contributed by atoms with van der Waals surface area (Å²) in [4.78, 5) is 29.1. The summed E-state index contributed by atoms with van der Waals surface area (Å²) in [5.41, 5.74) is 1.45. The first-order chi connectivity index (χ1) is 12.1. The number of carbonyl (C=O) groups excluding carboxylic acids is 2. The average Bonchev–Trinajstić information content (AvgIpc) is 3.20. The third-order valence-electron chi connectivity index (χ3n) is 4.79. The van der Waals surface area contributed by atoms with Crippen LogP contribution in [0.25, 0.3) is 0 Å². The van der Waals surface area contributed by atoms with Crippen LogP contribution >= 0.6 is 0 Å². The van der Waals surface area contributed by atoms with E-state index >= 15 is 0 Å². The van der Waals surface area contributed by atoms with Gasteiger partial charge < -0.3 is 16.0 Å². The molecule has 1 aromatic heterocycles. The van der Waals surface area contributed by atoms with Gasteiger partial charge in [-0.05, 0) is 30.2 Å². The zero-order chi connectivity index (χ0) is 17.4. The van der Waals surface area contributed by atoms with Gasteiger partial charge in [-0.15, -0.1) is 0 Å². The maximum atomic E-state index is 12.5. The van der Waals surface area contributed by atoms with Crippen LogP contribution in [0.2, 0.25) is 0 Å². The number of para-hydroxylation sites is 1. The number of fused-ring (bicyclic) bond motifs is 2. The molecule has 25 heavy (non-hydrogen) atoms. The normalized spacial score (nSPS) is 23.8. The van der Waals surface area contributed by atoms with Gasteiger partial charge in [0.1, 0.15) is 11.9 Å². The van der Waals surface area contributed by atoms with Crippen molar-refractivity contribution in [2.45, 2.75) is 17.9 Å². The maximum absolute atomic E-state index is 12.5. The molecule has 2 amide bonds. The van der Waals surface area contributed by atoms with Gasteiger partial charge in [-0.25, -0.2) is 4.98 Å². The molecule has 1 spiro atoms. The molecule has 1 fully saturated rings. The Kier molecular flexibility index (Phi) is 3.48. The van der Waals surface area contributed by atoms with Crippen molar-refractivity contribution >= 4 is 23.3 Å². The summed E-state index contributed by atoms with van der Waals surface area (Å²) in [6.07, 6.45) is 1.79. The summed E-state index contributed by atoms with van der Waals surface area (Å²) in [5, 5.41) is 17.6. The zero-order valence-corrected chi connectivity index (χ0v) is 13.2. The highest BCUT2D eigenvalue weighted by Crippen LogP contribution is 2.43. The number of carbonyl (C=O) groups is 2. The van der Waals surface area contributed by atoms with Gasteiger partial charge in [-0.3, -0.25) is 9.59 Å². The number of anilines is 2. The Balaban J connectivity index is 1.51. The van der Waals surface area contributed by atoms with Crippen LogP contribution in [0.5, 0.6) is 0 Å². The monoisotopic (exact) mass is 333 g/mol. The molecule has 0 aliphatic carbocycles.